The Bertz CT molecular complexity index is 801. The summed E-state index contributed by atoms with van der Waals surface area (Å²) in [5.41, 5.74) is -0.887. The molecular formula is C21H30ClF3N6O. The van der Waals surface area contributed by atoms with E-state index in [1.165, 1.54) is 44.6 Å². The number of aromatic nitrogens is 4. The van der Waals surface area contributed by atoms with Crippen LogP contribution in [0.2, 0.25) is 5.02 Å². The van der Waals surface area contributed by atoms with Gasteiger partial charge in [-0.2, -0.15) is 13.2 Å². The third-order valence-corrected chi connectivity index (χ3v) is 5.22. The first-order valence-corrected chi connectivity index (χ1v) is 11.4. The first-order chi connectivity index (χ1) is 15.3. The first kappa shape index (κ1) is 25.9. The fourth-order valence-corrected chi connectivity index (χ4v) is 3.55. The van der Waals surface area contributed by atoms with E-state index < -0.39 is 17.8 Å². The van der Waals surface area contributed by atoms with Crippen LogP contribution < -0.4 is 10.6 Å². The Labute approximate surface area is 190 Å². The van der Waals surface area contributed by atoms with Crippen LogP contribution in [-0.4, -0.2) is 33.2 Å². The number of rotatable bonds is 14. The van der Waals surface area contributed by atoms with Crippen molar-refractivity contribution in [3.8, 4) is 0 Å². The molecule has 32 heavy (non-hydrogen) atoms. The Hall–Kier alpha value is -2.36. The molecular weight excluding hydrogens is 445 g/mol. The van der Waals surface area contributed by atoms with Gasteiger partial charge in [-0.15, -0.1) is 5.10 Å². The van der Waals surface area contributed by atoms with Gasteiger partial charge in [0.25, 0.3) is 0 Å². The van der Waals surface area contributed by atoms with E-state index in [0.29, 0.717) is 6.54 Å². The van der Waals surface area contributed by atoms with Gasteiger partial charge in [-0.05, 0) is 41.5 Å². The molecule has 7 nitrogen and oxygen atoms in total. The maximum Gasteiger partial charge on any atom is 0.416 e. The predicted molar refractivity (Wildman–Crippen MR) is 118 cm³/mol. The number of tetrazole rings is 1. The molecule has 3 N–H and O–H groups in total. The Morgan fingerprint density at radius 3 is 2.16 bits per heavy atom. The lowest BCUT2D eigenvalue weighted by atomic mass is 10.1. The fourth-order valence-electron chi connectivity index (χ4n) is 3.32. The number of H-pyrrole nitrogens is 1. The minimum Gasteiger partial charge on any atom is -0.338 e. The highest BCUT2D eigenvalue weighted by molar-refractivity contribution is 6.31. The zero-order valence-electron chi connectivity index (χ0n) is 18.0. The molecule has 2 rings (SSSR count). The fraction of sp³-hybridized carbons (Fsp3) is 0.619. The average Bonchev–Trinajstić information content (AvgIpc) is 3.24. The van der Waals surface area contributed by atoms with Crippen LogP contribution in [0.1, 0.15) is 75.6 Å². The molecule has 0 aliphatic carbocycles. The van der Waals surface area contributed by atoms with Gasteiger partial charge in [-0.1, -0.05) is 63.0 Å². The number of benzene rings is 1. The van der Waals surface area contributed by atoms with Gasteiger partial charge in [0.2, 0.25) is 0 Å². The van der Waals surface area contributed by atoms with Crippen LogP contribution in [0, 0.1) is 0 Å². The van der Waals surface area contributed by atoms with Gasteiger partial charge in [0.15, 0.2) is 0 Å². The van der Waals surface area contributed by atoms with Crippen molar-refractivity contribution >= 4 is 23.3 Å². The summed E-state index contributed by atoms with van der Waals surface area (Å²) in [5, 5.41) is 18.7. The number of nitrogens with zero attached hydrogens (tertiary/aromatic N) is 3. The Morgan fingerprint density at radius 2 is 1.56 bits per heavy atom. The van der Waals surface area contributed by atoms with Crippen LogP contribution in [0.15, 0.2) is 18.2 Å². The number of alkyl halides is 3. The van der Waals surface area contributed by atoms with E-state index in [1.54, 1.807) is 0 Å². The molecule has 0 unspecified atom stereocenters. The second kappa shape index (κ2) is 13.9. The van der Waals surface area contributed by atoms with E-state index in [2.05, 4.69) is 31.3 Å². The molecule has 2 amide bonds. The molecule has 0 saturated heterocycles. The molecule has 11 heteroatoms. The maximum atomic E-state index is 12.8. The van der Waals surface area contributed by atoms with E-state index in [9.17, 15) is 18.0 Å². The van der Waals surface area contributed by atoms with Gasteiger partial charge >= 0.3 is 12.2 Å². The van der Waals surface area contributed by atoms with Crippen LogP contribution in [0.3, 0.4) is 0 Å². The largest absolute Gasteiger partial charge is 0.416 e. The van der Waals surface area contributed by atoms with Crippen molar-refractivity contribution in [2.45, 2.75) is 76.8 Å². The number of hydrogen-bond acceptors (Lipinski definition) is 4. The van der Waals surface area contributed by atoms with Crippen LogP contribution in [0.4, 0.5) is 23.7 Å². The number of unbranched alkanes of at least 4 members (excludes halogenated alkanes) is 9. The molecule has 178 valence electrons. The molecule has 1 aromatic heterocycles. The number of anilines is 1. The quantitative estimate of drug-likeness (QED) is 0.287. The smallest absolute Gasteiger partial charge is 0.338 e. The van der Waals surface area contributed by atoms with E-state index in [1.807, 2.05) is 0 Å². The highest BCUT2D eigenvalue weighted by atomic mass is 35.5. The number of halogens is 4. The van der Waals surface area contributed by atoms with Gasteiger partial charge in [-0.3, -0.25) is 0 Å². The van der Waals surface area contributed by atoms with E-state index in [0.717, 1.165) is 50.1 Å². The molecule has 0 fully saturated rings. The highest BCUT2D eigenvalue weighted by Gasteiger charge is 2.31. The van der Waals surface area contributed by atoms with E-state index in [4.69, 9.17) is 11.6 Å². The molecule has 0 bridgehead atoms. The SMILES string of the molecule is O=C(NCCCCCCCCCCCCc1nnn[nH]1)Nc1cc(Cl)cc(C(F)(F)F)c1. The van der Waals surface area contributed by atoms with Crippen molar-refractivity contribution in [1.82, 2.24) is 25.9 Å². The number of amides is 2. The summed E-state index contributed by atoms with van der Waals surface area (Å²) in [7, 11) is 0. The van der Waals surface area contributed by atoms with Gasteiger partial charge < -0.3 is 10.6 Å². The van der Waals surface area contributed by atoms with Gasteiger partial charge in [-0.25, -0.2) is 9.89 Å². The van der Waals surface area contributed by atoms with E-state index in [-0.39, 0.29) is 10.7 Å². The molecule has 0 aliphatic heterocycles. The number of carbonyl (C=O) groups excluding carboxylic acids is 1. The zero-order chi connectivity index (χ0) is 23.2. The summed E-state index contributed by atoms with van der Waals surface area (Å²) in [4.78, 5) is 11.9. The minimum atomic E-state index is -4.52. The van der Waals surface area contributed by atoms with Gasteiger partial charge in [0, 0.05) is 23.7 Å². The predicted octanol–water partition coefficient (Wildman–Crippen LogP) is 6.14. The van der Waals surface area contributed by atoms with Crippen molar-refractivity contribution in [3.63, 3.8) is 0 Å². The average molecular weight is 475 g/mol. The lowest BCUT2D eigenvalue weighted by Gasteiger charge is -2.11. The standard InChI is InChI=1S/C21H30ClF3N6O/c22-17-13-16(21(23,24)25)14-18(15-17)27-20(32)26-12-10-8-6-4-2-1-3-5-7-9-11-19-28-30-31-29-19/h13-15H,1-12H2,(H2,26,27,32)(H,28,29,30,31). The van der Waals surface area contributed by atoms with Crippen LogP contribution in [0.25, 0.3) is 0 Å². The molecule has 0 saturated carbocycles. The molecule has 1 heterocycles. The zero-order valence-corrected chi connectivity index (χ0v) is 18.7. The van der Waals surface area contributed by atoms with Gasteiger partial charge in [0.1, 0.15) is 5.82 Å². The Balaban J connectivity index is 1.43. The molecule has 2 aromatic rings. The molecule has 0 atom stereocenters. The lowest BCUT2D eigenvalue weighted by Crippen LogP contribution is -2.29. The Kier molecular flexibility index (Phi) is 11.3. The number of urea groups is 1. The summed E-state index contributed by atoms with van der Waals surface area (Å²) < 4.78 is 38.4. The summed E-state index contributed by atoms with van der Waals surface area (Å²) in [5.74, 6) is 0.844. The second-order valence-corrected chi connectivity index (χ2v) is 8.18. The minimum absolute atomic E-state index is 0.0114. The molecule has 0 radical (unpaired) electrons. The van der Waals surface area contributed by atoms with Crippen LogP contribution in [-0.2, 0) is 12.6 Å². The highest BCUT2D eigenvalue weighted by Crippen LogP contribution is 2.33. The number of aromatic amines is 1. The number of carbonyl (C=O) groups is 1. The Morgan fingerprint density at radius 1 is 0.938 bits per heavy atom. The van der Waals surface area contributed by atoms with Crippen LogP contribution in [0.5, 0.6) is 0 Å². The molecule has 0 aliphatic rings. The number of aryl methyl sites for hydroxylation is 1. The molecule has 1 aromatic carbocycles. The van der Waals surface area contributed by atoms with Crippen molar-refractivity contribution in [2.75, 3.05) is 11.9 Å². The summed E-state index contributed by atoms with van der Waals surface area (Å²) in [6.45, 7) is 0.471. The summed E-state index contributed by atoms with van der Waals surface area (Å²) in [6.07, 6.45) is 7.63. The van der Waals surface area contributed by atoms with Crippen molar-refractivity contribution in [2.24, 2.45) is 0 Å². The van der Waals surface area contributed by atoms with Gasteiger partial charge in [0.05, 0.1) is 5.56 Å². The monoisotopic (exact) mass is 474 g/mol. The summed E-state index contributed by atoms with van der Waals surface area (Å²) >= 11 is 5.71. The normalized spacial score (nSPS) is 11.5. The van der Waals surface area contributed by atoms with Crippen molar-refractivity contribution in [3.05, 3.63) is 34.6 Å². The first-order valence-electron chi connectivity index (χ1n) is 11.0. The third-order valence-electron chi connectivity index (χ3n) is 5.00. The third kappa shape index (κ3) is 10.8. The maximum absolute atomic E-state index is 12.8. The van der Waals surface area contributed by atoms with Crippen molar-refractivity contribution in [1.29, 1.82) is 0 Å². The summed E-state index contributed by atoms with van der Waals surface area (Å²) in [6, 6.07) is 2.42. The topological polar surface area (TPSA) is 95.6 Å². The molecule has 0 spiro atoms. The van der Waals surface area contributed by atoms with Crippen molar-refractivity contribution < 1.29 is 18.0 Å². The van der Waals surface area contributed by atoms with E-state index >= 15 is 0 Å². The number of nitrogens with one attached hydrogen (secondary N) is 3. The number of hydrogen-bond donors (Lipinski definition) is 3. The van der Waals surface area contributed by atoms with Crippen LogP contribution >= 0.6 is 11.6 Å². The lowest BCUT2D eigenvalue weighted by molar-refractivity contribution is -0.137. The second-order valence-electron chi connectivity index (χ2n) is 7.74.